The number of hydrogen-bond donors (Lipinski definition) is 2. The van der Waals surface area contributed by atoms with Crippen LogP contribution in [0.3, 0.4) is 0 Å². The van der Waals surface area contributed by atoms with Gasteiger partial charge in [0.1, 0.15) is 5.56 Å². The second kappa shape index (κ2) is 6.64. The first-order valence-corrected chi connectivity index (χ1v) is 7.12. The molecule has 1 atom stereocenters. The van der Waals surface area contributed by atoms with Crippen LogP contribution >= 0.6 is 0 Å². The van der Waals surface area contributed by atoms with E-state index in [0.29, 0.717) is 0 Å². The van der Waals surface area contributed by atoms with Crippen LogP contribution in [-0.2, 0) is 19.5 Å². The molecular weight excluding hydrogens is 274 g/mol. The summed E-state index contributed by atoms with van der Waals surface area (Å²) in [6.45, 7) is 3.63. The standard InChI is InChI=1S/C10H17N3O5S/c1-4-18-10(14)8-5-11-12-9(8)19(15,16)13-7(2)6-17-3/h5,7,13H,4,6H2,1-3H3,(H,11,12). The number of methoxy groups -OCH3 is 1. The molecule has 0 radical (unpaired) electrons. The quantitative estimate of drug-likeness (QED) is 0.679. The van der Waals surface area contributed by atoms with E-state index in [2.05, 4.69) is 14.9 Å². The Labute approximate surface area is 111 Å². The van der Waals surface area contributed by atoms with Gasteiger partial charge in [-0.15, -0.1) is 0 Å². The lowest BCUT2D eigenvalue weighted by atomic mass is 10.4. The molecule has 0 aromatic carbocycles. The van der Waals surface area contributed by atoms with Gasteiger partial charge >= 0.3 is 5.97 Å². The van der Waals surface area contributed by atoms with Crippen LogP contribution in [0, 0.1) is 0 Å². The molecule has 19 heavy (non-hydrogen) atoms. The Hall–Kier alpha value is -1.45. The monoisotopic (exact) mass is 291 g/mol. The summed E-state index contributed by atoms with van der Waals surface area (Å²) in [4.78, 5) is 11.6. The summed E-state index contributed by atoms with van der Waals surface area (Å²) < 4.78 is 36.1. The van der Waals surface area contributed by atoms with Gasteiger partial charge in [-0.1, -0.05) is 0 Å². The first-order valence-electron chi connectivity index (χ1n) is 5.64. The Morgan fingerprint density at radius 3 is 2.84 bits per heavy atom. The predicted octanol–water partition coefficient (Wildman–Crippen LogP) is -0.100. The van der Waals surface area contributed by atoms with E-state index in [-0.39, 0.29) is 23.8 Å². The van der Waals surface area contributed by atoms with Crippen LogP contribution < -0.4 is 4.72 Å². The third-order valence-corrected chi connectivity index (χ3v) is 3.70. The SMILES string of the molecule is CCOC(=O)c1cn[nH]c1S(=O)(=O)NC(C)COC. The zero-order valence-electron chi connectivity index (χ0n) is 11.0. The van der Waals surface area contributed by atoms with Crippen molar-refractivity contribution in [3.05, 3.63) is 11.8 Å². The van der Waals surface area contributed by atoms with Crippen LogP contribution in [0.1, 0.15) is 24.2 Å². The highest BCUT2D eigenvalue weighted by Gasteiger charge is 2.27. The van der Waals surface area contributed by atoms with Crippen molar-refractivity contribution in [2.75, 3.05) is 20.3 Å². The molecule has 0 saturated heterocycles. The summed E-state index contributed by atoms with van der Waals surface area (Å²) in [5.74, 6) is -0.740. The maximum Gasteiger partial charge on any atom is 0.342 e. The number of esters is 1. The van der Waals surface area contributed by atoms with E-state index in [4.69, 9.17) is 9.47 Å². The summed E-state index contributed by atoms with van der Waals surface area (Å²) in [5, 5.41) is 5.55. The number of aromatic nitrogens is 2. The minimum atomic E-state index is -3.88. The van der Waals surface area contributed by atoms with Crippen molar-refractivity contribution in [2.24, 2.45) is 0 Å². The molecule has 1 unspecified atom stereocenters. The van der Waals surface area contributed by atoms with Crippen molar-refractivity contribution >= 4 is 16.0 Å². The average Bonchev–Trinajstić information content (AvgIpc) is 2.78. The molecule has 0 spiro atoms. The molecular formula is C10H17N3O5S. The Morgan fingerprint density at radius 1 is 1.58 bits per heavy atom. The normalized spacial score (nSPS) is 13.2. The van der Waals surface area contributed by atoms with Crippen LogP contribution in [-0.4, -0.2) is 50.9 Å². The smallest absolute Gasteiger partial charge is 0.342 e. The Morgan fingerprint density at radius 2 is 2.26 bits per heavy atom. The molecule has 2 N–H and O–H groups in total. The molecule has 8 nitrogen and oxygen atoms in total. The number of aromatic amines is 1. The number of carbonyl (C=O) groups is 1. The summed E-state index contributed by atoms with van der Waals surface area (Å²) in [7, 11) is -2.42. The van der Waals surface area contributed by atoms with E-state index in [9.17, 15) is 13.2 Å². The highest BCUT2D eigenvalue weighted by molar-refractivity contribution is 7.89. The second-order valence-corrected chi connectivity index (χ2v) is 5.46. The molecule has 0 aliphatic rings. The predicted molar refractivity (Wildman–Crippen MR) is 66.2 cm³/mol. The molecule has 0 amide bonds. The summed E-state index contributed by atoms with van der Waals surface area (Å²) in [5.41, 5.74) is -0.126. The van der Waals surface area contributed by atoms with Crippen molar-refractivity contribution in [1.82, 2.24) is 14.9 Å². The van der Waals surface area contributed by atoms with Gasteiger partial charge in [-0.05, 0) is 13.8 Å². The van der Waals surface area contributed by atoms with Crippen LogP contribution in [0.5, 0.6) is 0 Å². The molecule has 1 heterocycles. The number of sulfonamides is 1. The number of nitrogens with zero attached hydrogens (tertiary/aromatic N) is 1. The first kappa shape index (κ1) is 15.6. The van der Waals surface area contributed by atoms with Crippen molar-refractivity contribution < 1.29 is 22.7 Å². The van der Waals surface area contributed by atoms with E-state index in [1.165, 1.54) is 7.11 Å². The van der Waals surface area contributed by atoms with Crippen molar-refractivity contribution in [2.45, 2.75) is 24.9 Å². The Bertz CT molecular complexity index is 525. The summed E-state index contributed by atoms with van der Waals surface area (Å²) in [6.07, 6.45) is 1.12. The van der Waals surface area contributed by atoms with Crippen LogP contribution in [0.2, 0.25) is 0 Å². The van der Waals surface area contributed by atoms with E-state index in [1.807, 2.05) is 0 Å². The number of H-pyrrole nitrogens is 1. The molecule has 1 rings (SSSR count). The van der Waals surface area contributed by atoms with Gasteiger partial charge in [0.25, 0.3) is 10.0 Å². The lowest BCUT2D eigenvalue weighted by molar-refractivity contribution is 0.0522. The third kappa shape index (κ3) is 4.01. The molecule has 0 aliphatic heterocycles. The topological polar surface area (TPSA) is 110 Å². The molecule has 1 aromatic heterocycles. The lowest BCUT2D eigenvalue weighted by Gasteiger charge is -2.12. The van der Waals surface area contributed by atoms with Gasteiger partial charge in [0.15, 0.2) is 5.03 Å². The minimum absolute atomic E-state index is 0.126. The molecule has 108 valence electrons. The van der Waals surface area contributed by atoms with E-state index < -0.39 is 22.0 Å². The largest absolute Gasteiger partial charge is 0.462 e. The fourth-order valence-electron chi connectivity index (χ4n) is 1.44. The third-order valence-electron chi connectivity index (χ3n) is 2.14. The number of hydrogen-bond acceptors (Lipinski definition) is 6. The molecule has 1 aromatic rings. The van der Waals surface area contributed by atoms with Crippen LogP contribution in [0.15, 0.2) is 11.2 Å². The second-order valence-electron chi connectivity index (χ2n) is 3.81. The fraction of sp³-hybridized carbons (Fsp3) is 0.600. The Balaban J connectivity index is 2.96. The maximum atomic E-state index is 12.1. The van der Waals surface area contributed by atoms with Gasteiger partial charge in [0.05, 0.1) is 19.4 Å². The van der Waals surface area contributed by atoms with Crippen molar-refractivity contribution in [3.8, 4) is 0 Å². The lowest BCUT2D eigenvalue weighted by Crippen LogP contribution is -2.36. The zero-order valence-corrected chi connectivity index (χ0v) is 11.8. The van der Waals surface area contributed by atoms with Crippen molar-refractivity contribution in [3.63, 3.8) is 0 Å². The van der Waals surface area contributed by atoms with Crippen LogP contribution in [0.4, 0.5) is 0 Å². The van der Waals surface area contributed by atoms with Gasteiger partial charge in [0.2, 0.25) is 0 Å². The van der Waals surface area contributed by atoms with E-state index in [1.54, 1.807) is 13.8 Å². The molecule has 0 saturated carbocycles. The van der Waals surface area contributed by atoms with Gasteiger partial charge in [-0.25, -0.2) is 17.9 Å². The maximum absolute atomic E-state index is 12.1. The van der Waals surface area contributed by atoms with E-state index >= 15 is 0 Å². The summed E-state index contributed by atoms with van der Waals surface area (Å²) >= 11 is 0. The van der Waals surface area contributed by atoms with Gasteiger partial charge in [0, 0.05) is 13.2 Å². The summed E-state index contributed by atoms with van der Waals surface area (Å²) in [6, 6.07) is -0.437. The van der Waals surface area contributed by atoms with E-state index in [0.717, 1.165) is 6.20 Å². The molecule has 0 aliphatic carbocycles. The fourth-order valence-corrected chi connectivity index (χ4v) is 2.76. The van der Waals surface area contributed by atoms with Gasteiger partial charge < -0.3 is 9.47 Å². The highest BCUT2D eigenvalue weighted by Crippen LogP contribution is 2.13. The highest BCUT2D eigenvalue weighted by atomic mass is 32.2. The average molecular weight is 291 g/mol. The van der Waals surface area contributed by atoms with Gasteiger partial charge in [-0.2, -0.15) is 5.10 Å². The minimum Gasteiger partial charge on any atom is -0.462 e. The molecule has 0 bridgehead atoms. The first-order chi connectivity index (χ1) is 8.92. The number of nitrogens with one attached hydrogen (secondary N) is 2. The molecule has 0 fully saturated rings. The number of carbonyl (C=O) groups excluding carboxylic acids is 1. The zero-order chi connectivity index (χ0) is 14.5. The number of rotatable bonds is 7. The number of ether oxygens (including phenoxy) is 2. The molecule has 9 heteroatoms. The van der Waals surface area contributed by atoms with Gasteiger partial charge in [-0.3, -0.25) is 5.10 Å². The Kier molecular flexibility index (Phi) is 5.45. The van der Waals surface area contributed by atoms with Crippen LogP contribution in [0.25, 0.3) is 0 Å². The van der Waals surface area contributed by atoms with Crippen molar-refractivity contribution in [1.29, 1.82) is 0 Å².